The molecular formula is C24H25N3O2. The van der Waals surface area contributed by atoms with Crippen molar-refractivity contribution in [3.63, 3.8) is 0 Å². The van der Waals surface area contributed by atoms with E-state index in [-0.39, 0.29) is 23.2 Å². The van der Waals surface area contributed by atoms with Gasteiger partial charge in [0.2, 0.25) is 0 Å². The van der Waals surface area contributed by atoms with Gasteiger partial charge in [0.1, 0.15) is 11.4 Å². The zero-order valence-electron chi connectivity index (χ0n) is 17.0. The Labute approximate surface area is 171 Å². The van der Waals surface area contributed by atoms with Gasteiger partial charge in [0.15, 0.2) is 0 Å². The van der Waals surface area contributed by atoms with Gasteiger partial charge in [-0.15, -0.1) is 0 Å². The number of rotatable bonds is 6. The van der Waals surface area contributed by atoms with Gasteiger partial charge >= 0.3 is 0 Å². The Balaban J connectivity index is 1.65. The molecule has 5 heteroatoms. The molecular weight excluding hydrogens is 362 g/mol. The number of carbonyl (C=O) groups is 2. The molecule has 2 N–H and O–H groups in total. The molecule has 3 aromatic rings. The van der Waals surface area contributed by atoms with Crippen molar-refractivity contribution in [3.8, 4) is 0 Å². The molecule has 0 aliphatic heterocycles. The average molecular weight is 387 g/mol. The highest BCUT2D eigenvalue weighted by Gasteiger charge is 2.14. The Kier molecular flexibility index (Phi) is 6.39. The second-order valence-electron chi connectivity index (χ2n) is 7.13. The summed E-state index contributed by atoms with van der Waals surface area (Å²) in [5, 5.41) is 5.77. The van der Waals surface area contributed by atoms with Crippen molar-refractivity contribution in [2.24, 2.45) is 0 Å². The lowest BCUT2D eigenvalue weighted by molar-refractivity contribution is 0.0949. The van der Waals surface area contributed by atoms with Crippen LogP contribution < -0.4 is 10.6 Å². The number of anilines is 1. The number of hydrogen-bond acceptors (Lipinski definition) is 3. The van der Waals surface area contributed by atoms with E-state index in [2.05, 4.69) is 15.6 Å². The monoisotopic (exact) mass is 387 g/mol. The predicted octanol–water partition coefficient (Wildman–Crippen LogP) is 4.23. The summed E-state index contributed by atoms with van der Waals surface area (Å²) in [6.07, 6.45) is 0.735. The van der Waals surface area contributed by atoms with Crippen LogP contribution in [0.15, 0.2) is 60.7 Å². The minimum atomic E-state index is -0.334. The summed E-state index contributed by atoms with van der Waals surface area (Å²) in [4.78, 5) is 29.3. The standard InChI is InChI=1S/C24H25N3O2/c1-16-14-17(2)22(18(3)15-16)27-24(29)21-11-7-10-20(26-21)23(28)25-13-12-19-8-5-4-6-9-19/h4-11,14-15H,12-13H2,1-3H3,(H,25,28)(H,27,29). The zero-order valence-corrected chi connectivity index (χ0v) is 17.0. The maximum absolute atomic E-state index is 12.7. The summed E-state index contributed by atoms with van der Waals surface area (Å²) >= 11 is 0. The average Bonchev–Trinajstić information content (AvgIpc) is 2.71. The van der Waals surface area contributed by atoms with E-state index < -0.39 is 0 Å². The van der Waals surface area contributed by atoms with Gasteiger partial charge in [0.25, 0.3) is 11.8 Å². The smallest absolute Gasteiger partial charge is 0.274 e. The minimum Gasteiger partial charge on any atom is -0.350 e. The van der Waals surface area contributed by atoms with Gasteiger partial charge < -0.3 is 10.6 Å². The Hall–Kier alpha value is -3.47. The third-order valence-corrected chi connectivity index (χ3v) is 4.67. The lowest BCUT2D eigenvalue weighted by Gasteiger charge is -2.13. The molecule has 0 saturated carbocycles. The molecule has 5 nitrogen and oxygen atoms in total. The molecule has 0 saturated heterocycles. The first-order valence-corrected chi connectivity index (χ1v) is 9.62. The van der Waals surface area contributed by atoms with Gasteiger partial charge in [-0.1, -0.05) is 54.1 Å². The summed E-state index contributed by atoms with van der Waals surface area (Å²) in [5.74, 6) is -0.628. The number of carbonyl (C=O) groups excluding carboxylic acids is 2. The second-order valence-corrected chi connectivity index (χ2v) is 7.13. The van der Waals surface area contributed by atoms with Crippen LogP contribution in [0.3, 0.4) is 0 Å². The van der Waals surface area contributed by atoms with E-state index in [1.165, 1.54) is 0 Å². The first-order valence-electron chi connectivity index (χ1n) is 9.62. The first kappa shape index (κ1) is 20.3. The van der Waals surface area contributed by atoms with Crippen LogP contribution in [0.5, 0.6) is 0 Å². The van der Waals surface area contributed by atoms with Crippen molar-refractivity contribution >= 4 is 17.5 Å². The van der Waals surface area contributed by atoms with Crippen LogP contribution in [0.4, 0.5) is 5.69 Å². The summed E-state index contributed by atoms with van der Waals surface area (Å²) in [7, 11) is 0. The van der Waals surface area contributed by atoms with Crippen molar-refractivity contribution < 1.29 is 9.59 Å². The van der Waals surface area contributed by atoms with Crippen molar-refractivity contribution in [1.82, 2.24) is 10.3 Å². The maximum Gasteiger partial charge on any atom is 0.274 e. The molecule has 0 spiro atoms. The number of nitrogens with zero attached hydrogens (tertiary/aromatic N) is 1. The summed E-state index contributed by atoms with van der Waals surface area (Å²) in [6, 6.07) is 18.9. The number of aromatic nitrogens is 1. The Morgan fingerprint density at radius 2 is 1.45 bits per heavy atom. The summed E-state index contributed by atoms with van der Waals surface area (Å²) in [6.45, 7) is 6.44. The number of amides is 2. The van der Waals surface area contributed by atoms with Crippen LogP contribution in [-0.2, 0) is 6.42 Å². The van der Waals surface area contributed by atoms with Crippen LogP contribution in [0.1, 0.15) is 43.2 Å². The second kappa shape index (κ2) is 9.15. The normalized spacial score (nSPS) is 10.4. The maximum atomic E-state index is 12.7. The van der Waals surface area contributed by atoms with E-state index in [0.717, 1.165) is 34.4 Å². The van der Waals surface area contributed by atoms with Gasteiger partial charge in [-0.3, -0.25) is 9.59 Å². The van der Waals surface area contributed by atoms with Crippen molar-refractivity contribution in [3.05, 3.63) is 94.3 Å². The fourth-order valence-electron chi connectivity index (χ4n) is 3.30. The highest BCUT2D eigenvalue weighted by Crippen LogP contribution is 2.22. The molecule has 0 aliphatic rings. The van der Waals surface area contributed by atoms with E-state index in [9.17, 15) is 9.59 Å². The van der Waals surface area contributed by atoms with Crippen LogP contribution in [0, 0.1) is 20.8 Å². The topological polar surface area (TPSA) is 71.1 Å². The SMILES string of the molecule is Cc1cc(C)c(NC(=O)c2cccc(C(=O)NCCc3ccccc3)n2)c(C)c1. The van der Waals surface area contributed by atoms with E-state index in [1.807, 2.05) is 63.2 Å². The lowest BCUT2D eigenvalue weighted by atomic mass is 10.0. The van der Waals surface area contributed by atoms with E-state index in [4.69, 9.17) is 0 Å². The highest BCUT2D eigenvalue weighted by molar-refractivity contribution is 6.04. The molecule has 1 aromatic heterocycles. The number of pyridine rings is 1. The van der Waals surface area contributed by atoms with Crippen LogP contribution in [-0.4, -0.2) is 23.3 Å². The Morgan fingerprint density at radius 1 is 0.828 bits per heavy atom. The fraction of sp³-hybridized carbons (Fsp3) is 0.208. The number of nitrogens with one attached hydrogen (secondary N) is 2. The van der Waals surface area contributed by atoms with E-state index in [0.29, 0.717) is 6.54 Å². The zero-order chi connectivity index (χ0) is 20.8. The van der Waals surface area contributed by atoms with Crippen molar-refractivity contribution in [2.45, 2.75) is 27.2 Å². The van der Waals surface area contributed by atoms with Crippen molar-refractivity contribution in [1.29, 1.82) is 0 Å². The molecule has 1 heterocycles. The number of hydrogen-bond donors (Lipinski definition) is 2. The first-order chi connectivity index (χ1) is 13.9. The van der Waals surface area contributed by atoms with Crippen LogP contribution in [0.2, 0.25) is 0 Å². The molecule has 0 unspecified atom stereocenters. The van der Waals surface area contributed by atoms with Crippen molar-refractivity contribution in [2.75, 3.05) is 11.9 Å². The molecule has 29 heavy (non-hydrogen) atoms. The molecule has 0 radical (unpaired) electrons. The minimum absolute atomic E-state index is 0.208. The van der Waals surface area contributed by atoms with Gasteiger partial charge in [-0.25, -0.2) is 4.98 Å². The lowest BCUT2D eigenvalue weighted by Crippen LogP contribution is -2.27. The third-order valence-electron chi connectivity index (χ3n) is 4.67. The van der Waals surface area contributed by atoms with Gasteiger partial charge in [0, 0.05) is 12.2 Å². The third kappa shape index (κ3) is 5.29. The molecule has 0 bridgehead atoms. The number of aryl methyl sites for hydroxylation is 3. The quantitative estimate of drug-likeness (QED) is 0.665. The highest BCUT2D eigenvalue weighted by atomic mass is 16.2. The van der Waals surface area contributed by atoms with E-state index in [1.54, 1.807) is 18.2 Å². The molecule has 0 fully saturated rings. The van der Waals surface area contributed by atoms with Gasteiger partial charge in [0.05, 0.1) is 0 Å². The summed E-state index contributed by atoms with van der Waals surface area (Å²) in [5.41, 5.74) is 5.49. The van der Waals surface area contributed by atoms with E-state index >= 15 is 0 Å². The predicted molar refractivity (Wildman–Crippen MR) is 115 cm³/mol. The Morgan fingerprint density at radius 3 is 2.10 bits per heavy atom. The molecule has 0 atom stereocenters. The fourth-order valence-corrected chi connectivity index (χ4v) is 3.30. The van der Waals surface area contributed by atoms with Crippen LogP contribution in [0.25, 0.3) is 0 Å². The molecule has 2 amide bonds. The number of benzene rings is 2. The Bertz CT molecular complexity index is 1010. The summed E-state index contributed by atoms with van der Waals surface area (Å²) < 4.78 is 0. The molecule has 148 valence electrons. The molecule has 0 aliphatic carbocycles. The van der Waals surface area contributed by atoms with Gasteiger partial charge in [-0.05, 0) is 56.0 Å². The van der Waals surface area contributed by atoms with Gasteiger partial charge in [-0.2, -0.15) is 0 Å². The largest absolute Gasteiger partial charge is 0.350 e. The molecule has 3 rings (SSSR count). The molecule has 2 aromatic carbocycles. The van der Waals surface area contributed by atoms with Crippen LogP contribution >= 0.6 is 0 Å².